The van der Waals surface area contributed by atoms with E-state index in [0.29, 0.717) is 6.54 Å². The number of rotatable bonds is 7. The van der Waals surface area contributed by atoms with Crippen LogP contribution in [0.5, 0.6) is 0 Å². The highest BCUT2D eigenvalue weighted by atomic mass is 16.2. The van der Waals surface area contributed by atoms with Crippen molar-refractivity contribution in [2.75, 3.05) is 26.2 Å². The normalized spacial score (nSPS) is 17.0. The van der Waals surface area contributed by atoms with Crippen molar-refractivity contribution < 1.29 is 4.79 Å². The second-order valence-corrected chi connectivity index (χ2v) is 5.80. The molecular formula is C18H25N3O. The van der Waals surface area contributed by atoms with Gasteiger partial charge in [0.1, 0.15) is 6.04 Å². The summed E-state index contributed by atoms with van der Waals surface area (Å²) in [6.45, 7) is 10.1. The molecule has 1 aliphatic heterocycles. The van der Waals surface area contributed by atoms with Crippen LogP contribution in [0.2, 0.25) is 0 Å². The molecule has 1 aliphatic rings. The summed E-state index contributed by atoms with van der Waals surface area (Å²) in [5.41, 5.74) is 2.57. The average Bonchev–Trinajstić information content (AvgIpc) is 2.80. The predicted octanol–water partition coefficient (Wildman–Crippen LogP) is 3.14. The van der Waals surface area contributed by atoms with Gasteiger partial charge in [0, 0.05) is 17.7 Å². The number of nitriles is 1. The number of carbonyl (C=O) groups is 1. The molecule has 1 heterocycles. The van der Waals surface area contributed by atoms with E-state index in [1.165, 1.54) is 0 Å². The Morgan fingerprint density at radius 3 is 2.64 bits per heavy atom. The number of carbonyl (C=O) groups excluding carboxylic acids is 1. The lowest BCUT2D eigenvalue weighted by Crippen LogP contribution is -2.30. The van der Waals surface area contributed by atoms with E-state index in [4.69, 9.17) is 0 Å². The quantitative estimate of drug-likeness (QED) is 0.727. The molecule has 0 radical (unpaired) electrons. The van der Waals surface area contributed by atoms with Gasteiger partial charge < -0.3 is 9.80 Å². The lowest BCUT2D eigenvalue weighted by molar-refractivity contribution is 0.0752. The largest absolute Gasteiger partial charge is 0.318 e. The molecule has 22 heavy (non-hydrogen) atoms. The maximum atomic E-state index is 12.6. The lowest BCUT2D eigenvalue weighted by Gasteiger charge is -2.22. The van der Waals surface area contributed by atoms with E-state index in [2.05, 4.69) is 24.8 Å². The van der Waals surface area contributed by atoms with Crippen molar-refractivity contribution in [2.45, 2.75) is 39.7 Å². The van der Waals surface area contributed by atoms with Gasteiger partial charge in [-0.05, 0) is 45.0 Å². The van der Waals surface area contributed by atoms with Crippen LogP contribution in [0.25, 0.3) is 0 Å². The third-order valence-corrected chi connectivity index (χ3v) is 4.53. The van der Waals surface area contributed by atoms with Gasteiger partial charge in [-0.2, -0.15) is 5.26 Å². The van der Waals surface area contributed by atoms with Crippen LogP contribution >= 0.6 is 0 Å². The number of benzene rings is 1. The molecule has 118 valence electrons. The molecule has 1 aromatic carbocycles. The zero-order valence-electron chi connectivity index (χ0n) is 13.8. The maximum absolute atomic E-state index is 12.6. The van der Waals surface area contributed by atoms with E-state index in [0.717, 1.165) is 49.2 Å². The summed E-state index contributed by atoms with van der Waals surface area (Å²) in [6, 6.07) is 7.65. The van der Waals surface area contributed by atoms with E-state index >= 15 is 0 Å². The van der Waals surface area contributed by atoms with Gasteiger partial charge in [-0.25, -0.2) is 0 Å². The summed E-state index contributed by atoms with van der Waals surface area (Å²) in [4.78, 5) is 16.7. The smallest absolute Gasteiger partial charge is 0.255 e. The van der Waals surface area contributed by atoms with Crippen LogP contribution in [0.4, 0.5) is 0 Å². The van der Waals surface area contributed by atoms with E-state index in [1.54, 1.807) is 4.90 Å². The summed E-state index contributed by atoms with van der Waals surface area (Å²) in [5, 5.41) is 9.46. The molecule has 0 saturated carbocycles. The van der Waals surface area contributed by atoms with E-state index in [9.17, 15) is 10.1 Å². The predicted molar refractivity (Wildman–Crippen MR) is 87.6 cm³/mol. The minimum atomic E-state index is -0.421. The van der Waals surface area contributed by atoms with Crippen molar-refractivity contribution in [1.29, 1.82) is 5.26 Å². The molecule has 4 nitrogen and oxygen atoms in total. The van der Waals surface area contributed by atoms with Gasteiger partial charge in [0.25, 0.3) is 5.91 Å². The Kier molecular flexibility index (Phi) is 5.57. The van der Waals surface area contributed by atoms with Gasteiger partial charge in [-0.15, -0.1) is 0 Å². The molecule has 4 heteroatoms. The minimum absolute atomic E-state index is 0.0162. The molecule has 1 amide bonds. The van der Waals surface area contributed by atoms with Crippen molar-refractivity contribution in [3.63, 3.8) is 0 Å². The molecule has 0 aliphatic carbocycles. The first kappa shape index (κ1) is 16.5. The molecule has 0 saturated heterocycles. The molecule has 1 aromatic rings. The number of aryl methyl sites for hydroxylation is 1. The Morgan fingerprint density at radius 2 is 2.00 bits per heavy atom. The van der Waals surface area contributed by atoms with Crippen LogP contribution in [0.3, 0.4) is 0 Å². The number of amides is 1. The zero-order chi connectivity index (χ0) is 16.1. The van der Waals surface area contributed by atoms with Crippen LogP contribution in [-0.4, -0.2) is 41.9 Å². The summed E-state index contributed by atoms with van der Waals surface area (Å²) >= 11 is 0. The molecule has 2 rings (SSSR count). The summed E-state index contributed by atoms with van der Waals surface area (Å²) in [5.74, 6) is 0.0162. The lowest BCUT2D eigenvalue weighted by atomic mass is 10.0. The van der Waals surface area contributed by atoms with Crippen LogP contribution in [0, 0.1) is 18.3 Å². The third kappa shape index (κ3) is 3.15. The number of fused-ring (bicyclic) bond motifs is 1. The fourth-order valence-corrected chi connectivity index (χ4v) is 3.17. The molecule has 0 N–H and O–H groups in total. The first-order valence-electron chi connectivity index (χ1n) is 8.16. The number of hydrogen-bond donors (Lipinski definition) is 0. The standard InChI is InChI=1S/C18H25N3O/c1-4-20(5-2)11-6-7-12-21-16(13-19)15-10-8-9-14(3)17(15)18(21)22/h8-10,16H,4-7,11-12H2,1-3H3. The molecule has 1 unspecified atom stereocenters. The molecule has 0 spiro atoms. The Hall–Kier alpha value is -1.86. The Balaban J connectivity index is 2.00. The van der Waals surface area contributed by atoms with Gasteiger partial charge in [0.05, 0.1) is 6.07 Å². The second-order valence-electron chi connectivity index (χ2n) is 5.80. The van der Waals surface area contributed by atoms with Gasteiger partial charge in [0.15, 0.2) is 0 Å². The van der Waals surface area contributed by atoms with Crippen LogP contribution in [0.1, 0.15) is 54.2 Å². The van der Waals surface area contributed by atoms with Crippen molar-refractivity contribution in [1.82, 2.24) is 9.80 Å². The molecule has 0 bridgehead atoms. The second kappa shape index (κ2) is 7.42. The zero-order valence-corrected chi connectivity index (χ0v) is 13.8. The Labute approximate surface area is 133 Å². The first-order valence-corrected chi connectivity index (χ1v) is 8.16. The highest BCUT2D eigenvalue weighted by Crippen LogP contribution is 2.34. The molecule has 0 aromatic heterocycles. The van der Waals surface area contributed by atoms with Gasteiger partial charge in [-0.3, -0.25) is 4.79 Å². The van der Waals surface area contributed by atoms with Crippen LogP contribution in [0.15, 0.2) is 18.2 Å². The summed E-state index contributed by atoms with van der Waals surface area (Å²) in [6.07, 6.45) is 1.99. The van der Waals surface area contributed by atoms with Crippen LogP contribution < -0.4 is 0 Å². The Morgan fingerprint density at radius 1 is 1.27 bits per heavy atom. The van der Waals surface area contributed by atoms with Gasteiger partial charge in [-0.1, -0.05) is 32.0 Å². The number of unbranched alkanes of at least 4 members (excludes halogenated alkanes) is 1. The highest BCUT2D eigenvalue weighted by molar-refractivity contribution is 6.01. The molecule has 1 atom stereocenters. The fraction of sp³-hybridized carbons (Fsp3) is 0.556. The number of nitrogens with zero attached hydrogens (tertiary/aromatic N) is 3. The van der Waals surface area contributed by atoms with Gasteiger partial charge >= 0.3 is 0 Å². The van der Waals surface area contributed by atoms with Crippen LogP contribution in [-0.2, 0) is 0 Å². The Bertz CT molecular complexity index is 572. The van der Waals surface area contributed by atoms with Crippen molar-refractivity contribution in [3.05, 3.63) is 34.9 Å². The summed E-state index contributed by atoms with van der Waals surface area (Å²) in [7, 11) is 0. The maximum Gasteiger partial charge on any atom is 0.255 e. The van der Waals surface area contributed by atoms with Crippen molar-refractivity contribution in [3.8, 4) is 6.07 Å². The van der Waals surface area contributed by atoms with E-state index in [-0.39, 0.29) is 5.91 Å². The van der Waals surface area contributed by atoms with Crippen molar-refractivity contribution in [2.24, 2.45) is 0 Å². The fourth-order valence-electron chi connectivity index (χ4n) is 3.17. The van der Waals surface area contributed by atoms with Crippen molar-refractivity contribution >= 4 is 5.91 Å². The first-order chi connectivity index (χ1) is 10.6. The minimum Gasteiger partial charge on any atom is -0.318 e. The highest BCUT2D eigenvalue weighted by Gasteiger charge is 2.37. The van der Waals surface area contributed by atoms with E-state index < -0.39 is 6.04 Å². The monoisotopic (exact) mass is 299 g/mol. The topological polar surface area (TPSA) is 47.3 Å². The third-order valence-electron chi connectivity index (χ3n) is 4.53. The average molecular weight is 299 g/mol. The SMILES string of the molecule is CCN(CC)CCCCN1C(=O)c2c(C)cccc2C1C#N. The van der Waals surface area contributed by atoms with E-state index in [1.807, 2.05) is 25.1 Å². The number of hydrogen-bond acceptors (Lipinski definition) is 3. The van der Waals surface area contributed by atoms with Gasteiger partial charge in [0.2, 0.25) is 0 Å². The summed E-state index contributed by atoms with van der Waals surface area (Å²) < 4.78 is 0. The molecule has 0 fully saturated rings. The molecular weight excluding hydrogens is 274 g/mol.